The summed E-state index contributed by atoms with van der Waals surface area (Å²) in [6.45, 7) is 3.34. The summed E-state index contributed by atoms with van der Waals surface area (Å²) in [5, 5.41) is 3.08. The molecule has 2 amide bonds. The highest BCUT2D eigenvalue weighted by molar-refractivity contribution is 5.81. The molecule has 5 nitrogen and oxygen atoms in total. The third-order valence-corrected chi connectivity index (χ3v) is 6.02. The topological polar surface area (TPSA) is 62.3 Å². The number of likely N-dealkylation sites (N-methyl/N-ethyl adjacent to an activating group) is 1. The summed E-state index contributed by atoms with van der Waals surface area (Å²) in [5.74, 6) is 0.381. The van der Waals surface area contributed by atoms with Gasteiger partial charge in [-0.2, -0.15) is 0 Å². The molecule has 0 aliphatic heterocycles. The molecule has 1 fully saturated rings. The Morgan fingerprint density at radius 3 is 2.38 bits per heavy atom. The van der Waals surface area contributed by atoms with Crippen LogP contribution in [0.25, 0.3) is 0 Å². The molecule has 0 atom stereocenters. The second-order valence-electron chi connectivity index (χ2n) is 8.06. The molecule has 1 N–H and O–H groups in total. The Balaban J connectivity index is 1.41. The third kappa shape index (κ3) is 5.89. The van der Waals surface area contributed by atoms with Crippen LogP contribution < -0.4 is 5.32 Å². The molecule has 0 bridgehead atoms. The highest BCUT2D eigenvalue weighted by atomic mass is 16.2. The molecule has 154 valence electrons. The molecule has 0 spiro atoms. The molecule has 1 aliphatic carbocycles. The van der Waals surface area contributed by atoms with Gasteiger partial charge in [0, 0.05) is 44.4 Å². The number of hydrogen-bond donors (Lipinski definition) is 1. The fourth-order valence-electron chi connectivity index (χ4n) is 4.01. The fraction of sp³-hybridized carbons (Fsp3) is 0.458. The van der Waals surface area contributed by atoms with Crippen LogP contribution in [-0.4, -0.2) is 35.3 Å². The highest BCUT2D eigenvalue weighted by Gasteiger charge is 2.31. The SMILES string of the molecule is Cc1ccccc1CNC(=O)C1CCC(C(=O)N(C)CCc2ccncc2)CC1. The van der Waals surface area contributed by atoms with Gasteiger partial charge in [0.2, 0.25) is 11.8 Å². The molecule has 1 aliphatic rings. The van der Waals surface area contributed by atoms with Crippen molar-refractivity contribution in [2.75, 3.05) is 13.6 Å². The maximum atomic E-state index is 12.8. The lowest BCUT2D eigenvalue weighted by atomic mass is 9.81. The van der Waals surface area contributed by atoms with Crippen molar-refractivity contribution in [1.82, 2.24) is 15.2 Å². The van der Waals surface area contributed by atoms with Crippen molar-refractivity contribution in [3.05, 3.63) is 65.5 Å². The predicted molar refractivity (Wildman–Crippen MR) is 114 cm³/mol. The largest absolute Gasteiger partial charge is 0.352 e. The van der Waals surface area contributed by atoms with E-state index in [-0.39, 0.29) is 23.7 Å². The molecular weight excluding hydrogens is 362 g/mol. The van der Waals surface area contributed by atoms with E-state index in [1.807, 2.05) is 42.3 Å². The zero-order valence-corrected chi connectivity index (χ0v) is 17.4. The summed E-state index contributed by atoms with van der Waals surface area (Å²) >= 11 is 0. The van der Waals surface area contributed by atoms with Crippen molar-refractivity contribution in [3.8, 4) is 0 Å². The van der Waals surface area contributed by atoms with Crippen LogP contribution in [0.2, 0.25) is 0 Å². The minimum atomic E-state index is 0.0187. The molecule has 0 radical (unpaired) electrons. The number of rotatable bonds is 7. The fourth-order valence-corrected chi connectivity index (χ4v) is 4.01. The van der Waals surface area contributed by atoms with Crippen LogP contribution in [0, 0.1) is 18.8 Å². The summed E-state index contributed by atoms with van der Waals surface area (Å²) in [4.78, 5) is 31.2. The van der Waals surface area contributed by atoms with Gasteiger partial charge in [-0.15, -0.1) is 0 Å². The van der Waals surface area contributed by atoms with Gasteiger partial charge in [0.1, 0.15) is 0 Å². The van der Waals surface area contributed by atoms with Gasteiger partial charge in [-0.3, -0.25) is 14.6 Å². The van der Waals surface area contributed by atoms with E-state index in [1.54, 1.807) is 12.4 Å². The molecule has 29 heavy (non-hydrogen) atoms. The molecular formula is C24H31N3O2. The zero-order chi connectivity index (χ0) is 20.6. The van der Waals surface area contributed by atoms with E-state index >= 15 is 0 Å². The Bertz CT molecular complexity index is 814. The van der Waals surface area contributed by atoms with E-state index in [4.69, 9.17) is 0 Å². The Morgan fingerprint density at radius 1 is 1.03 bits per heavy atom. The van der Waals surface area contributed by atoms with E-state index in [9.17, 15) is 9.59 Å². The molecule has 3 rings (SSSR count). The van der Waals surface area contributed by atoms with Crippen LogP contribution in [0.4, 0.5) is 0 Å². The van der Waals surface area contributed by atoms with Gasteiger partial charge in [-0.1, -0.05) is 24.3 Å². The molecule has 1 saturated carbocycles. The number of nitrogens with one attached hydrogen (secondary N) is 1. The Morgan fingerprint density at radius 2 is 1.69 bits per heavy atom. The van der Waals surface area contributed by atoms with Crippen LogP contribution >= 0.6 is 0 Å². The lowest BCUT2D eigenvalue weighted by molar-refractivity contribution is -0.137. The van der Waals surface area contributed by atoms with Crippen LogP contribution in [0.1, 0.15) is 42.4 Å². The van der Waals surface area contributed by atoms with E-state index in [0.717, 1.165) is 37.7 Å². The van der Waals surface area contributed by atoms with Gasteiger partial charge in [0.25, 0.3) is 0 Å². The van der Waals surface area contributed by atoms with Gasteiger partial charge in [0.05, 0.1) is 0 Å². The van der Waals surface area contributed by atoms with E-state index in [1.165, 1.54) is 11.1 Å². The van der Waals surface area contributed by atoms with Crippen molar-refractivity contribution in [3.63, 3.8) is 0 Å². The highest BCUT2D eigenvalue weighted by Crippen LogP contribution is 2.30. The molecule has 0 unspecified atom stereocenters. The molecule has 1 aromatic carbocycles. The smallest absolute Gasteiger partial charge is 0.225 e. The standard InChI is InChI=1S/C24H31N3O2/c1-18-5-3-4-6-22(18)17-26-23(28)20-7-9-21(10-8-20)24(29)27(2)16-13-19-11-14-25-15-12-19/h3-6,11-12,14-15,20-21H,7-10,13,16-17H2,1-2H3,(H,26,28). The van der Waals surface area contributed by atoms with Gasteiger partial charge in [-0.05, 0) is 67.9 Å². The first-order valence-corrected chi connectivity index (χ1v) is 10.5. The van der Waals surface area contributed by atoms with Crippen LogP contribution in [-0.2, 0) is 22.6 Å². The first-order chi connectivity index (χ1) is 14.0. The maximum Gasteiger partial charge on any atom is 0.225 e. The number of benzene rings is 1. The second kappa shape index (κ2) is 10.2. The normalized spacial score (nSPS) is 18.8. The Kier molecular flexibility index (Phi) is 7.39. The number of pyridine rings is 1. The van der Waals surface area contributed by atoms with Crippen molar-refractivity contribution < 1.29 is 9.59 Å². The minimum Gasteiger partial charge on any atom is -0.352 e. The average molecular weight is 394 g/mol. The first kappa shape index (κ1) is 21.0. The lowest BCUT2D eigenvalue weighted by Crippen LogP contribution is -2.38. The summed E-state index contributed by atoms with van der Waals surface area (Å²) in [7, 11) is 1.88. The second-order valence-corrected chi connectivity index (χ2v) is 8.06. The Labute approximate surface area is 173 Å². The zero-order valence-electron chi connectivity index (χ0n) is 17.4. The summed E-state index contributed by atoms with van der Waals surface area (Å²) in [5.41, 5.74) is 3.53. The molecule has 1 aromatic heterocycles. The van der Waals surface area contributed by atoms with Gasteiger partial charge in [-0.25, -0.2) is 0 Å². The van der Waals surface area contributed by atoms with E-state index in [2.05, 4.69) is 23.3 Å². The Hall–Kier alpha value is -2.69. The number of carbonyl (C=O) groups is 2. The maximum absolute atomic E-state index is 12.8. The number of nitrogens with zero attached hydrogens (tertiary/aromatic N) is 2. The van der Waals surface area contributed by atoms with Crippen molar-refractivity contribution in [2.45, 2.75) is 45.6 Å². The quantitative estimate of drug-likeness (QED) is 0.783. The predicted octanol–water partition coefficient (Wildman–Crippen LogP) is 3.51. The summed E-state index contributed by atoms with van der Waals surface area (Å²) < 4.78 is 0. The summed E-state index contributed by atoms with van der Waals surface area (Å²) in [6, 6.07) is 12.1. The molecule has 5 heteroatoms. The molecule has 2 aromatic rings. The number of aryl methyl sites for hydroxylation is 1. The van der Waals surface area contributed by atoms with Gasteiger partial charge >= 0.3 is 0 Å². The number of aromatic nitrogens is 1. The molecule has 1 heterocycles. The van der Waals surface area contributed by atoms with E-state index in [0.29, 0.717) is 13.1 Å². The van der Waals surface area contributed by atoms with Gasteiger partial charge < -0.3 is 10.2 Å². The van der Waals surface area contributed by atoms with Crippen LogP contribution in [0.3, 0.4) is 0 Å². The monoisotopic (exact) mass is 393 g/mol. The van der Waals surface area contributed by atoms with Crippen molar-refractivity contribution in [2.24, 2.45) is 11.8 Å². The number of amides is 2. The van der Waals surface area contributed by atoms with Crippen molar-refractivity contribution >= 4 is 11.8 Å². The van der Waals surface area contributed by atoms with Gasteiger partial charge in [0.15, 0.2) is 0 Å². The molecule has 0 saturated heterocycles. The number of hydrogen-bond acceptors (Lipinski definition) is 3. The third-order valence-electron chi connectivity index (χ3n) is 6.02. The van der Waals surface area contributed by atoms with E-state index < -0.39 is 0 Å². The minimum absolute atomic E-state index is 0.0187. The average Bonchev–Trinajstić information content (AvgIpc) is 2.77. The van der Waals surface area contributed by atoms with Crippen LogP contribution in [0.5, 0.6) is 0 Å². The number of carbonyl (C=O) groups excluding carboxylic acids is 2. The van der Waals surface area contributed by atoms with Crippen LogP contribution in [0.15, 0.2) is 48.8 Å². The lowest BCUT2D eigenvalue weighted by Gasteiger charge is -2.30. The van der Waals surface area contributed by atoms with Crippen molar-refractivity contribution in [1.29, 1.82) is 0 Å². The first-order valence-electron chi connectivity index (χ1n) is 10.5. The summed E-state index contributed by atoms with van der Waals surface area (Å²) in [6.07, 6.45) is 7.55.